The molecule has 3 atom stereocenters. The van der Waals surface area contributed by atoms with E-state index in [4.69, 9.17) is 9.47 Å². The monoisotopic (exact) mass is 433 g/mol. The first kappa shape index (κ1) is 22.1. The number of ether oxygens (including phenoxy) is 2. The zero-order valence-electron chi connectivity index (χ0n) is 19.0. The van der Waals surface area contributed by atoms with E-state index >= 15 is 0 Å². The third-order valence-corrected chi connectivity index (χ3v) is 6.82. The summed E-state index contributed by atoms with van der Waals surface area (Å²) in [6.45, 7) is 6.37. The highest BCUT2D eigenvalue weighted by Gasteiger charge is 2.40. The number of rotatable bonds is 8. The van der Waals surface area contributed by atoms with Crippen molar-refractivity contribution in [2.24, 2.45) is 17.8 Å². The molecule has 2 aromatic rings. The zero-order valence-corrected chi connectivity index (χ0v) is 19.0. The number of allylic oxidation sites excluding steroid dienone is 2. The lowest BCUT2D eigenvalue weighted by molar-refractivity contribution is -0.152. The Kier molecular flexibility index (Phi) is 6.35. The van der Waals surface area contributed by atoms with E-state index < -0.39 is 0 Å². The maximum Gasteiger partial charge on any atom is 0.310 e. The van der Waals surface area contributed by atoms with Crippen LogP contribution in [0, 0.1) is 17.8 Å². The highest BCUT2D eigenvalue weighted by atomic mass is 16.5. The molecule has 0 aromatic heterocycles. The number of amides is 1. The highest BCUT2D eigenvalue weighted by molar-refractivity contribution is 5.93. The quantitative estimate of drug-likeness (QED) is 0.418. The first-order chi connectivity index (χ1) is 15.3. The number of esters is 1. The molecule has 2 aliphatic carbocycles. The summed E-state index contributed by atoms with van der Waals surface area (Å²) in [7, 11) is 0. The second-order valence-corrected chi connectivity index (χ2v) is 9.43. The summed E-state index contributed by atoms with van der Waals surface area (Å²) in [6.07, 6.45) is 7.21. The van der Waals surface area contributed by atoms with Crippen molar-refractivity contribution in [3.8, 4) is 11.5 Å². The number of nitrogens with one attached hydrogen (secondary N) is 1. The molecular formula is C27H31NO4. The van der Waals surface area contributed by atoms with Crippen molar-refractivity contribution >= 4 is 17.6 Å². The smallest absolute Gasteiger partial charge is 0.310 e. The molecule has 0 radical (unpaired) electrons. The van der Waals surface area contributed by atoms with Gasteiger partial charge in [-0.1, -0.05) is 45.1 Å². The van der Waals surface area contributed by atoms with Crippen LogP contribution in [0.5, 0.6) is 11.5 Å². The first-order valence-electron chi connectivity index (χ1n) is 11.4. The van der Waals surface area contributed by atoms with Crippen LogP contribution in [0.3, 0.4) is 0 Å². The lowest BCUT2D eigenvalue weighted by Gasteiger charge is -2.23. The Labute approximate surface area is 189 Å². The fraction of sp³-hybridized carbons (Fsp3) is 0.407. The summed E-state index contributed by atoms with van der Waals surface area (Å²) in [5.41, 5.74) is 2.05. The fourth-order valence-electron chi connectivity index (χ4n) is 4.41. The Morgan fingerprint density at radius 2 is 1.62 bits per heavy atom. The van der Waals surface area contributed by atoms with E-state index in [2.05, 4.69) is 50.4 Å². The van der Waals surface area contributed by atoms with Gasteiger partial charge in [-0.25, -0.2) is 0 Å². The van der Waals surface area contributed by atoms with Gasteiger partial charge in [0.15, 0.2) is 6.61 Å². The van der Waals surface area contributed by atoms with Crippen molar-refractivity contribution in [2.75, 3.05) is 11.9 Å². The fourth-order valence-corrected chi connectivity index (χ4v) is 4.41. The molecule has 0 unspecified atom stereocenters. The highest BCUT2D eigenvalue weighted by Crippen LogP contribution is 2.43. The average Bonchev–Trinajstić information content (AvgIpc) is 3.43. The van der Waals surface area contributed by atoms with E-state index in [1.807, 2.05) is 12.1 Å². The lowest BCUT2D eigenvalue weighted by atomic mass is 9.82. The summed E-state index contributed by atoms with van der Waals surface area (Å²) < 4.78 is 11.2. The minimum Gasteiger partial charge on any atom is -0.457 e. The van der Waals surface area contributed by atoms with E-state index in [-0.39, 0.29) is 35.7 Å². The van der Waals surface area contributed by atoms with Gasteiger partial charge in [0.1, 0.15) is 11.5 Å². The normalized spacial score (nSPS) is 21.4. The van der Waals surface area contributed by atoms with Crippen molar-refractivity contribution in [2.45, 2.75) is 45.4 Å². The third kappa shape index (κ3) is 5.04. The van der Waals surface area contributed by atoms with Gasteiger partial charge in [0.25, 0.3) is 5.91 Å². The van der Waals surface area contributed by atoms with Crippen LogP contribution in [0.1, 0.15) is 45.6 Å². The molecule has 0 heterocycles. The Bertz CT molecular complexity index is 991. The summed E-state index contributed by atoms with van der Waals surface area (Å²) >= 11 is 0. The third-order valence-electron chi connectivity index (χ3n) is 6.82. The number of carbonyl (C=O) groups is 2. The average molecular weight is 434 g/mol. The predicted octanol–water partition coefficient (Wildman–Crippen LogP) is 5.86. The Morgan fingerprint density at radius 1 is 0.969 bits per heavy atom. The van der Waals surface area contributed by atoms with E-state index in [1.165, 1.54) is 5.56 Å². The molecule has 0 aliphatic heterocycles. The molecule has 5 heteroatoms. The van der Waals surface area contributed by atoms with Crippen LogP contribution in [0.4, 0.5) is 5.69 Å². The second kappa shape index (κ2) is 9.19. The SMILES string of the molecule is CCC(C)(C)c1ccc(Oc2ccc(NC(=O)COC(=O)[C@@H]3C[C@H]4C=C[C@H]3C4)cc2)cc1. The minimum absolute atomic E-state index is 0.101. The van der Waals surface area contributed by atoms with Crippen molar-refractivity contribution in [1.82, 2.24) is 0 Å². The van der Waals surface area contributed by atoms with Gasteiger partial charge < -0.3 is 14.8 Å². The Hall–Kier alpha value is -3.08. The molecule has 32 heavy (non-hydrogen) atoms. The molecular weight excluding hydrogens is 402 g/mol. The molecule has 1 saturated carbocycles. The molecule has 5 nitrogen and oxygen atoms in total. The van der Waals surface area contributed by atoms with Gasteiger partial charge in [-0.05, 0) is 78.5 Å². The molecule has 0 spiro atoms. The zero-order chi connectivity index (χ0) is 22.7. The van der Waals surface area contributed by atoms with Crippen molar-refractivity contribution in [3.05, 3.63) is 66.2 Å². The predicted molar refractivity (Wildman–Crippen MR) is 125 cm³/mol. The number of hydrogen-bond acceptors (Lipinski definition) is 4. The van der Waals surface area contributed by atoms with Crippen LogP contribution >= 0.6 is 0 Å². The van der Waals surface area contributed by atoms with Crippen LogP contribution in [-0.4, -0.2) is 18.5 Å². The summed E-state index contributed by atoms with van der Waals surface area (Å²) in [4.78, 5) is 24.4. The summed E-state index contributed by atoms with van der Waals surface area (Å²) in [6, 6.07) is 15.3. The number of anilines is 1. The number of carbonyl (C=O) groups excluding carboxylic acids is 2. The molecule has 168 valence electrons. The number of benzene rings is 2. The number of fused-ring (bicyclic) bond motifs is 2. The molecule has 2 aromatic carbocycles. The number of hydrogen-bond donors (Lipinski definition) is 1. The molecule has 1 fully saturated rings. The molecule has 1 N–H and O–H groups in total. The van der Waals surface area contributed by atoms with Crippen LogP contribution in [0.25, 0.3) is 0 Å². The summed E-state index contributed by atoms with van der Waals surface area (Å²) in [5.74, 6) is 1.50. The molecule has 2 bridgehead atoms. The van der Waals surface area contributed by atoms with Crippen molar-refractivity contribution in [1.29, 1.82) is 0 Å². The van der Waals surface area contributed by atoms with E-state index in [0.29, 0.717) is 17.4 Å². The van der Waals surface area contributed by atoms with Gasteiger partial charge in [0.2, 0.25) is 0 Å². The van der Waals surface area contributed by atoms with E-state index in [9.17, 15) is 9.59 Å². The topological polar surface area (TPSA) is 64.6 Å². The Morgan fingerprint density at radius 3 is 2.19 bits per heavy atom. The van der Waals surface area contributed by atoms with Gasteiger partial charge in [-0.2, -0.15) is 0 Å². The van der Waals surface area contributed by atoms with Crippen molar-refractivity contribution < 1.29 is 19.1 Å². The van der Waals surface area contributed by atoms with E-state index in [1.54, 1.807) is 24.3 Å². The van der Waals surface area contributed by atoms with Crippen LogP contribution in [-0.2, 0) is 19.7 Å². The van der Waals surface area contributed by atoms with Crippen molar-refractivity contribution in [3.63, 3.8) is 0 Å². The Balaban J connectivity index is 1.25. The standard InChI is InChI=1S/C27H31NO4/c1-4-27(2,3)20-7-11-22(12-8-20)32-23-13-9-21(10-14-23)28-25(29)17-31-26(30)24-16-18-5-6-19(24)15-18/h5-14,18-19,24H,4,15-17H2,1-3H3,(H,28,29)/t18-,19-,24+/m0/s1. The van der Waals surface area contributed by atoms with Gasteiger partial charge >= 0.3 is 5.97 Å². The van der Waals surface area contributed by atoms with E-state index in [0.717, 1.165) is 25.0 Å². The van der Waals surface area contributed by atoms with Gasteiger partial charge in [-0.3, -0.25) is 9.59 Å². The molecule has 4 rings (SSSR count). The molecule has 0 saturated heterocycles. The lowest BCUT2D eigenvalue weighted by Crippen LogP contribution is -2.26. The maximum absolute atomic E-state index is 12.3. The first-order valence-corrected chi connectivity index (χ1v) is 11.4. The second-order valence-electron chi connectivity index (χ2n) is 9.43. The molecule has 1 amide bonds. The maximum atomic E-state index is 12.3. The van der Waals surface area contributed by atoms with Crippen LogP contribution < -0.4 is 10.1 Å². The minimum atomic E-state index is -0.347. The molecule has 2 aliphatic rings. The van der Waals surface area contributed by atoms with Crippen LogP contribution in [0.2, 0.25) is 0 Å². The van der Waals surface area contributed by atoms with Gasteiger partial charge in [-0.15, -0.1) is 0 Å². The largest absolute Gasteiger partial charge is 0.457 e. The summed E-state index contributed by atoms with van der Waals surface area (Å²) in [5, 5.41) is 2.76. The van der Waals surface area contributed by atoms with Crippen LogP contribution in [0.15, 0.2) is 60.7 Å². The van der Waals surface area contributed by atoms with Gasteiger partial charge in [0, 0.05) is 5.69 Å². The van der Waals surface area contributed by atoms with Gasteiger partial charge in [0.05, 0.1) is 5.92 Å².